The molecule has 2 rings (SSSR count). The number of nitrogens with zero attached hydrogens (tertiary/aromatic N) is 3. The number of likely N-dealkylation sites (N-methyl/N-ethyl adjacent to an activating group) is 1. The lowest BCUT2D eigenvalue weighted by atomic mass is 9.99. The summed E-state index contributed by atoms with van der Waals surface area (Å²) >= 11 is 0. The fourth-order valence-corrected chi connectivity index (χ4v) is 3.82. The molecule has 0 aromatic carbocycles. The molecule has 1 aromatic heterocycles. The highest BCUT2D eigenvalue weighted by Crippen LogP contribution is 2.21. The number of pyridine rings is 1. The standard InChI is InChI=1S/C23H33N5O4/c1-16(2)20(27(4)21(30)14-25-15-29)12-17(3)23(32)28-11-5-6-19(28)22(31)26-13-18-7-9-24-10-8-18/h7-10,12,15-16,19-20H,5-6,11,13-14H2,1-4H3,(H,25,29)(H,26,31)/t19-,20?/m0/s1. The first kappa shape index (κ1) is 25.0. The lowest BCUT2D eigenvalue weighted by Gasteiger charge is -2.30. The van der Waals surface area contributed by atoms with Gasteiger partial charge in [0.1, 0.15) is 6.04 Å². The van der Waals surface area contributed by atoms with Crippen molar-refractivity contribution >= 4 is 24.1 Å². The van der Waals surface area contributed by atoms with Gasteiger partial charge in [0, 0.05) is 38.1 Å². The number of aromatic nitrogens is 1. The fraction of sp³-hybridized carbons (Fsp3) is 0.522. The highest BCUT2D eigenvalue weighted by Gasteiger charge is 2.35. The topological polar surface area (TPSA) is 112 Å². The van der Waals surface area contributed by atoms with Crippen LogP contribution in [0.2, 0.25) is 0 Å². The third-order valence-electron chi connectivity index (χ3n) is 5.65. The lowest BCUT2D eigenvalue weighted by Crippen LogP contribution is -2.47. The van der Waals surface area contributed by atoms with Gasteiger partial charge in [0.15, 0.2) is 0 Å². The average molecular weight is 444 g/mol. The van der Waals surface area contributed by atoms with E-state index >= 15 is 0 Å². The molecule has 32 heavy (non-hydrogen) atoms. The van der Waals surface area contributed by atoms with Gasteiger partial charge in [-0.1, -0.05) is 19.9 Å². The van der Waals surface area contributed by atoms with Gasteiger partial charge < -0.3 is 20.4 Å². The molecule has 0 aliphatic carbocycles. The van der Waals surface area contributed by atoms with Crippen LogP contribution < -0.4 is 10.6 Å². The number of rotatable bonds is 10. The van der Waals surface area contributed by atoms with Gasteiger partial charge in [0.05, 0.1) is 12.6 Å². The van der Waals surface area contributed by atoms with Gasteiger partial charge in [-0.05, 0) is 43.4 Å². The Hall–Kier alpha value is -3.23. The average Bonchev–Trinajstić information content (AvgIpc) is 3.28. The van der Waals surface area contributed by atoms with Crippen molar-refractivity contribution in [1.82, 2.24) is 25.4 Å². The maximum absolute atomic E-state index is 13.2. The number of carbonyl (C=O) groups excluding carboxylic acids is 4. The molecule has 2 N–H and O–H groups in total. The van der Waals surface area contributed by atoms with Crippen molar-refractivity contribution in [2.75, 3.05) is 20.1 Å². The molecule has 9 heteroatoms. The van der Waals surface area contributed by atoms with E-state index in [0.29, 0.717) is 31.5 Å². The Morgan fingerprint density at radius 1 is 1.28 bits per heavy atom. The summed E-state index contributed by atoms with van der Waals surface area (Å²) in [5.41, 5.74) is 1.43. The number of hydrogen-bond donors (Lipinski definition) is 2. The maximum atomic E-state index is 13.2. The van der Waals surface area contributed by atoms with Crippen LogP contribution in [0, 0.1) is 5.92 Å². The summed E-state index contributed by atoms with van der Waals surface area (Å²) in [6.45, 7) is 6.43. The minimum absolute atomic E-state index is 0.0565. The van der Waals surface area contributed by atoms with Crippen molar-refractivity contribution in [1.29, 1.82) is 0 Å². The van der Waals surface area contributed by atoms with Crippen LogP contribution in [0.1, 0.15) is 39.2 Å². The summed E-state index contributed by atoms with van der Waals surface area (Å²) < 4.78 is 0. The predicted octanol–water partition coefficient (Wildman–Crippen LogP) is 0.864. The Labute approximate surface area is 189 Å². The van der Waals surface area contributed by atoms with Crippen LogP contribution in [0.15, 0.2) is 36.2 Å². The molecule has 4 amide bonds. The number of likely N-dealkylation sites (tertiary alicyclic amines) is 1. The van der Waals surface area contributed by atoms with Gasteiger partial charge in [-0.3, -0.25) is 24.2 Å². The number of nitrogens with one attached hydrogen (secondary N) is 2. The molecule has 0 saturated carbocycles. The summed E-state index contributed by atoms with van der Waals surface area (Å²) in [6, 6.07) is 2.83. The summed E-state index contributed by atoms with van der Waals surface area (Å²) in [5.74, 6) is -0.569. The molecule has 0 radical (unpaired) electrons. The van der Waals surface area contributed by atoms with Crippen LogP contribution in [-0.4, -0.2) is 71.1 Å². The van der Waals surface area contributed by atoms with Gasteiger partial charge in [-0.2, -0.15) is 0 Å². The van der Waals surface area contributed by atoms with Crippen molar-refractivity contribution in [3.05, 3.63) is 41.7 Å². The highest BCUT2D eigenvalue weighted by molar-refractivity contribution is 5.97. The molecule has 1 aliphatic heterocycles. The van der Waals surface area contributed by atoms with Crippen LogP contribution in [0.5, 0.6) is 0 Å². The number of amides is 4. The molecule has 0 bridgehead atoms. The largest absolute Gasteiger partial charge is 0.350 e. The Morgan fingerprint density at radius 2 is 1.97 bits per heavy atom. The van der Waals surface area contributed by atoms with Crippen LogP contribution in [0.25, 0.3) is 0 Å². The molecular formula is C23H33N5O4. The van der Waals surface area contributed by atoms with E-state index in [4.69, 9.17) is 0 Å². The fourth-order valence-electron chi connectivity index (χ4n) is 3.82. The second kappa shape index (κ2) is 12.0. The van der Waals surface area contributed by atoms with Crippen LogP contribution in [-0.2, 0) is 25.7 Å². The molecule has 2 heterocycles. The van der Waals surface area contributed by atoms with Crippen molar-refractivity contribution in [2.24, 2.45) is 5.92 Å². The van der Waals surface area contributed by atoms with E-state index in [-0.39, 0.29) is 36.2 Å². The predicted molar refractivity (Wildman–Crippen MR) is 120 cm³/mol. The third-order valence-corrected chi connectivity index (χ3v) is 5.65. The first-order chi connectivity index (χ1) is 15.3. The molecule has 1 fully saturated rings. The van der Waals surface area contributed by atoms with Crippen molar-refractivity contribution < 1.29 is 19.2 Å². The monoisotopic (exact) mass is 443 g/mol. The Kier molecular flexibility index (Phi) is 9.37. The Bertz CT molecular complexity index is 840. The summed E-state index contributed by atoms with van der Waals surface area (Å²) in [6.07, 6.45) is 6.97. The molecule has 1 aromatic rings. The van der Waals surface area contributed by atoms with E-state index in [1.807, 2.05) is 26.0 Å². The zero-order chi connectivity index (χ0) is 23.7. The first-order valence-corrected chi connectivity index (χ1v) is 10.8. The van der Waals surface area contributed by atoms with Gasteiger partial charge >= 0.3 is 0 Å². The normalized spacial score (nSPS) is 17.1. The smallest absolute Gasteiger partial charge is 0.249 e. The quantitative estimate of drug-likeness (QED) is 0.412. The number of carbonyl (C=O) groups is 4. The number of hydrogen-bond acceptors (Lipinski definition) is 5. The molecule has 174 valence electrons. The lowest BCUT2D eigenvalue weighted by molar-refractivity contribution is -0.135. The minimum Gasteiger partial charge on any atom is -0.350 e. The zero-order valence-electron chi connectivity index (χ0n) is 19.2. The van der Waals surface area contributed by atoms with E-state index in [1.54, 1.807) is 37.3 Å². The molecule has 1 saturated heterocycles. The molecule has 9 nitrogen and oxygen atoms in total. The summed E-state index contributed by atoms with van der Waals surface area (Å²) in [4.78, 5) is 55.8. The summed E-state index contributed by atoms with van der Waals surface area (Å²) in [5, 5.41) is 5.28. The third kappa shape index (κ3) is 6.63. The van der Waals surface area contributed by atoms with Gasteiger partial charge in [-0.25, -0.2) is 0 Å². The van der Waals surface area contributed by atoms with Crippen LogP contribution >= 0.6 is 0 Å². The maximum Gasteiger partial charge on any atom is 0.249 e. The van der Waals surface area contributed by atoms with E-state index < -0.39 is 6.04 Å². The summed E-state index contributed by atoms with van der Waals surface area (Å²) in [7, 11) is 1.65. The first-order valence-electron chi connectivity index (χ1n) is 10.8. The van der Waals surface area contributed by atoms with E-state index in [2.05, 4.69) is 15.6 Å². The van der Waals surface area contributed by atoms with Crippen molar-refractivity contribution in [3.63, 3.8) is 0 Å². The second-order valence-corrected chi connectivity index (χ2v) is 8.32. The van der Waals surface area contributed by atoms with E-state index in [0.717, 1.165) is 12.0 Å². The van der Waals surface area contributed by atoms with E-state index in [1.165, 1.54) is 4.90 Å². The SMILES string of the molecule is CC(=CC(C(C)C)N(C)C(=O)CNC=O)C(=O)N1CCC[C@H]1C(=O)NCc1ccncc1. The van der Waals surface area contributed by atoms with Gasteiger partial charge in [-0.15, -0.1) is 0 Å². The molecule has 1 unspecified atom stereocenters. The van der Waals surface area contributed by atoms with Crippen LogP contribution in [0.4, 0.5) is 0 Å². The second-order valence-electron chi connectivity index (χ2n) is 8.32. The molecular weight excluding hydrogens is 410 g/mol. The molecule has 1 aliphatic rings. The van der Waals surface area contributed by atoms with Crippen molar-refractivity contribution in [3.8, 4) is 0 Å². The van der Waals surface area contributed by atoms with Crippen molar-refractivity contribution in [2.45, 2.75) is 52.2 Å². The van der Waals surface area contributed by atoms with Gasteiger partial charge in [0.25, 0.3) is 0 Å². The van der Waals surface area contributed by atoms with Gasteiger partial charge in [0.2, 0.25) is 24.1 Å². The molecule has 2 atom stereocenters. The minimum atomic E-state index is -0.513. The zero-order valence-corrected chi connectivity index (χ0v) is 19.2. The highest BCUT2D eigenvalue weighted by atomic mass is 16.2. The van der Waals surface area contributed by atoms with E-state index in [9.17, 15) is 19.2 Å². The molecule has 0 spiro atoms. The Balaban J connectivity index is 2.07. The van der Waals surface area contributed by atoms with Crippen LogP contribution in [0.3, 0.4) is 0 Å². The Morgan fingerprint density at radius 3 is 2.59 bits per heavy atom.